The molecular formula is C26H30N2O4. The summed E-state index contributed by atoms with van der Waals surface area (Å²) in [5.41, 5.74) is 2.34. The van der Waals surface area contributed by atoms with Gasteiger partial charge < -0.3 is 14.8 Å². The van der Waals surface area contributed by atoms with Gasteiger partial charge in [0.1, 0.15) is 24.4 Å². The molecule has 4 rings (SSSR count). The summed E-state index contributed by atoms with van der Waals surface area (Å²) in [6.07, 6.45) is 6.27. The molecule has 1 aliphatic carbocycles. The fraction of sp³-hybridized carbons (Fsp3) is 0.423. The average molecular weight is 435 g/mol. The van der Waals surface area contributed by atoms with Gasteiger partial charge in [-0.25, -0.2) is 9.79 Å². The lowest BCUT2D eigenvalue weighted by Crippen LogP contribution is -2.45. The van der Waals surface area contributed by atoms with Crippen LogP contribution < -0.4 is 10.1 Å². The van der Waals surface area contributed by atoms with Crippen molar-refractivity contribution in [1.82, 2.24) is 5.32 Å². The fourth-order valence-electron chi connectivity index (χ4n) is 4.44. The van der Waals surface area contributed by atoms with Gasteiger partial charge in [-0.3, -0.25) is 4.79 Å². The topological polar surface area (TPSA) is 77.0 Å². The lowest BCUT2D eigenvalue weighted by atomic mass is 9.88. The van der Waals surface area contributed by atoms with Crippen molar-refractivity contribution in [2.75, 3.05) is 0 Å². The molecule has 2 atom stereocenters. The second kappa shape index (κ2) is 10.4. The van der Waals surface area contributed by atoms with Crippen molar-refractivity contribution in [2.24, 2.45) is 10.9 Å². The Morgan fingerprint density at radius 1 is 1.03 bits per heavy atom. The van der Waals surface area contributed by atoms with E-state index in [0.717, 1.165) is 36.8 Å². The molecule has 2 amide bonds. The molecule has 1 aliphatic heterocycles. The van der Waals surface area contributed by atoms with Gasteiger partial charge in [0.2, 0.25) is 0 Å². The minimum Gasteiger partial charge on any atom is -0.489 e. The maximum atomic E-state index is 13.2. The SMILES string of the molecule is CC1=NC(=O)NC(c2cccc(OCc3ccccc3)c2)C1C(=O)OC1CCCCCC1. The van der Waals surface area contributed by atoms with Gasteiger partial charge >= 0.3 is 12.0 Å². The number of esters is 1. The number of carbonyl (C=O) groups excluding carboxylic acids is 2. The lowest BCUT2D eigenvalue weighted by molar-refractivity contribution is -0.153. The molecule has 6 nitrogen and oxygen atoms in total. The van der Waals surface area contributed by atoms with Crippen molar-refractivity contribution in [3.8, 4) is 5.75 Å². The van der Waals surface area contributed by atoms with E-state index in [1.165, 1.54) is 12.8 Å². The second-order valence-electron chi connectivity index (χ2n) is 8.56. The summed E-state index contributed by atoms with van der Waals surface area (Å²) in [5.74, 6) is -0.296. The summed E-state index contributed by atoms with van der Waals surface area (Å²) < 4.78 is 11.9. The average Bonchev–Trinajstić information content (AvgIpc) is 3.06. The van der Waals surface area contributed by atoms with Gasteiger partial charge in [0.15, 0.2) is 0 Å². The van der Waals surface area contributed by atoms with E-state index >= 15 is 0 Å². The number of hydrogen-bond acceptors (Lipinski definition) is 4. The van der Waals surface area contributed by atoms with Gasteiger partial charge in [0.05, 0.1) is 6.04 Å². The first-order valence-corrected chi connectivity index (χ1v) is 11.4. The number of benzene rings is 2. The molecule has 0 saturated heterocycles. The van der Waals surface area contributed by atoms with E-state index in [0.29, 0.717) is 18.1 Å². The molecular weight excluding hydrogens is 404 g/mol. The van der Waals surface area contributed by atoms with Gasteiger partial charge in [0, 0.05) is 5.71 Å². The van der Waals surface area contributed by atoms with E-state index in [2.05, 4.69) is 10.3 Å². The van der Waals surface area contributed by atoms with Crippen LogP contribution in [0.1, 0.15) is 62.6 Å². The Labute approximate surface area is 189 Å². The normalized spacial score (nSPS) is 21.8. The van der Waals surface area contributed by atoms with Crippen LogP contribution in [0.3, 0.4) is 0 Å². The van der Waals surface area contributed by atoms with E-state index < -0.39 is 18.0 Å². The van der Waals surface area contributed by atoms with Crippen LogP contribution in [0, 0.1) is 5.92 Å². The number of hydrogen-bond donors (Lipinski definition) is 1. The smallest absolute Gasteiger partial charge is 0.341 e. The summed E-state index contributed by atoms with van der Waals surface area (Å²) in [4.78, 5) is 29.4. The van der Waals surface area contributed by atoms with Crippen molar-refractivity contribution in [3.05, 3.63) is 65.7 Å². The monoisotopic (exact) mass is 434 g/mol. The van der Waals surface area contributed by atoms with Gasteiger partial charge in [-0.05, 0) is 55.9 Å². The van der Waals surface area contributed by atoms with Crippen LogP contribution in [-0.2, 0) is 16.1 Å². The Morgan fingerprint density at radius 2 is 1.78 bits per heavy atom. The number of ether oxygens (including phenoxy) is 2. The van der Waals surface area contributed by atoms with Crippen molar-refractivity contribution in [1.29, 1.82) is 0 Å². The molecule has 0 radical (unpaired) electrons. The van der Waals surface area contributed by atoms with E-state index in [9.17, 15) is 9.59 Å². The lowest BCUT2D eigenvalue weighted by Gasteiger charge is -2.31. The summed E-state index contributed by atoms with van der Waals surface area (Å²) >= 11 is 0. The molecule has 0 aromatic heterocycles. The van der Waals surface area contributed by atoms with Crippen LogP contribution >= 0.6 is 0 Å². The van der Waals surface area contributed by atoms with E-state index in [1.807, 2.05) is 54.6 Å². The Hall–Kier alpha value is -3.15. The van der Waals surface area contributed by atoms with E-state index in [4.69, 9.17) is 9.47 Å². The predicted molar refractivity (Wildman–Crippen MR) is 123 cm³/mol. The zero-order valence-corrected chi connectivity index (χ0v) is 18.5. The van der Waals surface area contributed by atoms with Gasteiger partial charge in [0.25, 0.3) is 0 Å². The zero-order chi connectivity index (χ0) is 22.3. The molecule has 1 fully saturated rings. The Bertz CT molecular complexity index is 965. The number of nitrogens with one attached hydrogen (secondary N) is 1. The standard InChI is InChI=1S/C26H30N2O4/c1-18-23(25(29)32-21-13-7-2-3-8-14-21)24(28-26(30)27-18)20-12-9-15-22(16-20)31-17-19-10-5-4-6-11-19/h4-6,9-12,15-16,21,23-24H,2-3,7-8,13-14,17H2,1H3,(H,28,30). The highest BCUT2D eigenvalue weighted by Crippen LogP contribution is 2.31. The summed E-state index contributed by atoms with van der Waals surface area (Å²) in [7, 11) is 0. The van der Waals surface area contributed by atoms with Gasteiger partial charge in [-0.2, -0.15) is 0 Å². The highest BCUT2D eigenvalue weighted by molar-refractivity contribution is 6.08. The first-order chi connectivity index (χ1) is 15.6. The maximum absolute atomic E-state index is 13.2. The summed E-state index contributed by atoms with van der Waals surface area (Å²) in [6, 6.07) is 16.4. The molecule has 2 aromatic carbocycles. The van der Waals surface area contributed by atoms with Crippen LogP contribution in [0.15, 0.2) is 59.6 Å². The van der Waals surface area contributed by atoms with Crippen molar-refractivity contribution in [3.63, 3.8) is 0 Å². The molecule has 32 heavy (non-hydrogen) atoms. The molecule has 1 heterocycles. The van der Waals surface area contributed by atoms with Crippen molar-refractivity contribution >= 4 is 17.7 Å². The molecule has 168 valence electrons. The number of carbonyl (C=O) groups is 2. The number of nitrogens with zero attached hydrogens (tertiary/aromatic N) is 1. The number of urea groups is 1. The number of rotatable bonds is 6. The third kappa shape index (κ3) is 5.55. The third-order valence-electron chi connectivity index (χ3n) is 6.14. The Morgan fingerprint density at radius 3 is 2.53 bits per heavy atom. The first kappa shape index (κ1) is 22.1. The zero-order valence-electron chi connectivity index (χ0n) is 18.5. The molecule has 1 saturated carbocycles. The molecule has 2 aromatic rings. The number of amides is 2. The molecule has 1 N–H and O–H groups in total. The van der Waals surface area contributed by atoms with Crippen LogP contribution in [0.4, 0.5) is 4.79 Å². The summed E-state index contributed by atoms with van der Waals surface area (Å²) in [5, 5.41) is 2.86. The van der Waals surface area contributed by atoms with Gasteiger partial charge in [-0.1, -0.05) is 55.3 Å². The largest absolute Gasteiger partial charge is 0.489 e. The first-order valence-electron chi connectivity index (χ1n) is 11.4. The van der Waals surface area contributed by atoms with Crippen LogP contribution in [0.2, 0.25) is 0 Å². The molecule has 0 spiro atoms. The second-order valence-corrected chi connectivity index (χ2v) is 8.56. The Kier molecular flexibility index (Phi) is 7.20. The minimum atomic E-state index is -0.652. The van der Waals surface area contributed by atoms with Crippen LogP contribution in [0.5, 0.6) is 5.75 Å². The van der Waals surface area contributed by atoms with E-state index in [-0.39, 0.29) is 12.1 Å². The third-order valence-corrected chi connectivity index (χ3v) is 6.14. The van der Waals surface area contributed by atoms with E-state index in [1.54, 1.807) is 6.92 Å². The molecule has 2 aliphatic rings. The van der Waals surface area contributed by atoms with Crippen molar-refractivity contribution < 1.29 is 19.1 Å². The number of aliphatic imine (C=N–C) groups is 1. The van der Waals surface area contributed by atoms with Crippen molar-refractivity contribution in [2.45, 2.75) is 64.2 Å². The summed E-state index contributed by atoms with van der Waals surface area (Å²) in [6.45, 7) is 2.16. The Balaban J connectivity index is 1.51. The quantitative estimate of drug-likeness (QED) is 0.490. The highest BCUT2D eigenvalue weighted by Gasteiger charge is 2.39. The van der Waals surface area contributed by atoms with Crippen LogP contribution in [0.25, 0.3) is 0 Å². The maximum Gasteiger partial charge on any atom is 0.341 e. The molecule has 6 heteroatoms. The van der Waals surface area contributed by atoms with Gasteiger partial charge in [-0.15, -0.1) is 0 Å². The predicted octanol–water partition coefficient (Wildman–Crippen LogP) is 5.37. The minimum absolute atomic E-state index is 0.0587. The van der Waals surface area contributed by atoms with Crippen LogP contribution in [-0.4, -0.2) is 23.8 Å². The highest BCUT2D eigenvalue weighted by atomic mass is 16.5. The fourth-order valence-corrected chi connectivity index (χ4v) is 4.44. The molecule has 2 unspecified atom stereocenters. The molecule has 0 bridgehead atoms.